The van der Waals surface area contributed by atoms with E-state index in [1.54, 1.807) is 6.07 Å². The lowest BCUT2D eigenvalue weighted by Crippen LogP contribution is -1.97. The fraction of sp³-hybridized carbons (Fsp3) is 0.100. The number of hydrogen-bond acceptors (Lipinski definition) is 4. The smallest absolute Gasteiger partial charge is 0.355 e. The van der Waals surface area contributed by atoms with Crippen LogP contribution < -0.4 is 4.74 Å². The summed E-state index contributed by atoms with van der Waals surface area (Å²) in [5.74, 6) is -1.34. The van der Waals surface area contributed by atoms with Crippen molar-refractivity contribution in [3.8, 4) is 17.0 Å². The third-order valence-electron chi connectivity index (χ3n) is 4.34. The van der Waals surface area contributed by atoms with Crippen molar-refractivity contribution in [3.63, 3.8) is 0 Å². The predicted octanol–water partition coefficient (Wildman–Crippen LogP) is 4.73. The summed E-state index contributed by atoms with van der Waals surface area (Å²) in [7, 11) is 1.43. The molecule has 2 N–H and O–H groups in total. The Hall–Kier alpha value is -3.19. The second-order valence-electron chi connectivity index (χ2n) is 5.99. The number of aromatic carboxylic acids is 1. The van der Waals surface area contributed by atoms with Gasteiger partial charge in [-0.1, -0.05) is 30.3 Å². The first-order chi connectivity index (χ1) is 13.1. The fourth-order valence-corrected chi connectivity index (χ4v) is 3.86. The van der Waals surface area contributed by atoms with E-state index in [1.807, 2.05) is 30.3 Å². The van der Waals surface area contributed by atoms with E-state index in [9.17, 15) is 9.18 Å². The zero-order chi connectivity index (χ0) is 19.0. The SMILES string of the molecule is COc1cc2[nH]c(-c3ccccc3)c(Cc3nc(C(=O)O)cs3)c2cc1F. The van der Waals surface area contributed by atoms with Gasteiger partial charge in [0.2, 0.25) is 0 Å². The first-order valence-corrected chi connectivity index (χ1v) is 9.06. The lowest BCUT2D eigenvalue weighted by Gasteiger charge is -2.04. The van der Waals surface area contributed by atoms with Gasteiger partial charge < -0.3 is 14.8 Å². The van der Waals surface area contributed by atoms with Crippen molar-refractivity contribution < 1.29 is 19.0 Å². The number of nitrogens with one attached hydrogen (secondary N) is 1. The van der Waals surface area contributed by atoms with Crippen molar-refractivity contribution in [1.82, 2.24) is 9.97 Å². The Morgan fingerprint density at radius 3 is 2.74 bits per heavy atom. The third-order valence-corrected chi connectivity index (χ3v) is 5.19. The van der Waals surface area contributed by atoms with Gasteiger partial charge >= 0.3 is 5.97 Å². The van der Waals surface area contributed by atoms with E-state index in [4.69, 9.17) is 9.84 Å². The molecule has 0 aliphatic heterocycles. The summed E-state index contributed by atoms with van der Waals surface area (Å²) in [5.41, 5.74) is 3.44. The summed E-state index contributed by atoms with van der Waals surface area (Å²) in [6, 6.07) is 12.8. The quantitative estimate of drug-likeness (QED) is 0.523. The molecule has 0 saturated carbocycles. The number of thiazole rings is 1. The highest BCUT2D eigenvalue weighted by Gasteiger charge is 2.18. The summed E-state index contributed by atoms with van der Waals surface area (Å²) in [4.78, 5) is 18.6. The van der Waals surface area contributed by atoms with Crippen LogP contribution in [0.5, 0.6) is 5.75 Å². The number of methoxy groups -OCH3 is 1. The maximum Gasteiger partial charge on any atom is 0.355 e. The van der Waals surface area contributed by atoms with E-state index in [0.717, 1.165) is 27.7 Å². The van der Waals surface area contributed by atoms with Gasteiger partial charge in [-0.15, -0.1) is 11.3 Å². The van der Waals surface area contributed by atoms with E-state index in [1.165, 1.54) is 29.9 Å². The number of carboxylic acids is 1. The van der Waals surface area contributed by atoms with Gasteiger partial charge in [0.05, 0.1) is 23.3 Å². The number of hydrogen-bond donors (Lipinski definition) is 2. The molecule has 136 valence electrons. The van der Waals surface area contributed by atoms with Crippen LogP contribution in [0.1, 0.15) is 21.1 Å². The summed E-state index contributed by atoms with van der Waals surface area (Å²) in [5, 5.41) is 12.0. The summed E-state index contributed by atoms with van der Waals surface area (Å²) in [6.45, 7) is 0. The normalized spacial score (nSPS) is 11.0. The van der Waals surface area contributed by atoms with Crippen LogP contribution in [0.2, 0.25) is 0 Å². The average Bonchev–Trinajstić information content (AvgIpc) is 3.27. The second kappa shape index (κ2) is 6.85. The Morgan fingerprint density at radius 2 is 2.07 bits per heavy atom. The molecule has 0 aliphatic rings. The van der Waals surface area contributed by atoms with Crippen molar-refractivity contribution >= 4 is 28.2 Å². The van der Waals surface area contributed by atoms with E-state index < -0.39 is 11.8 Å². The van der Waals surface area contributed by atoms with Gasteiger partial charge in [-0.25, -0.2) is 14.2 Å². The maximum absolute atomic E-state index is 14.3. The van der Waals surface area contributed by atoms with E-state index in [-0.39, 0.29) is 11.4 Å². The Labute approximate surface area is 158 Å². The molecule has 5 nitrogen and oxygen atoms in total. The van der Waals surface area contributed by atoms with Crippen LogP contribution in [0.25, 0.3) is 22.2 Å². The number of benzene rings is 2. The zero-order valence-corrected chi connectivity index (χ0v) is 15.1. The molecule has 0 saturated heterocycles. The van der Waals surface area contributed by atoms with E-state index in [0.29, 0.717) is 11.4 Å². The molecule has 0 unspecified atom stereocenters. The monoisotopic (exact) mass is 382 g/mol. The minimum absolute atomic E-state index is 0.0175. The van der Waals surface area contributed by atoms with Crippen molar-refractivity contribution in [1.29, 1.82) is 0 Å². The van der Waals surface area contributed by atoms with Crippen LogP contribution in [-0.2, 0) is 6.42 Å². The number of aromatic amines is 1. The van der Waals surface area contributed by atoms with E-state index >= 15 is 0 Å². The number of H-pyrrole nitrogens is 1. The molecule has 0 bridgehead atoms. The van der Waals surface area contributed by atoms with Crippen LogP contribution in [0.3, 0.4) is 0 Å². The number of fused-ring (bicyclic) bond motifs is 1. The number of aromatic nitrogens is 2. The van der Waals surface area contributed by atoms with Gasteiger partial charge in [0.1, 0.15) is 0 Å². The number of halogens is 1. The summed E-state index contributed by atoms with van der Waals surface area (Å²) >= 11 is 1.28. The van der Waals surface area contributed by atoms with Crippen molar-refractivity contribution in [2.75, 3.05) is 7.11 Å². The molecular weight excluding hydrogens is 367 g/mol. The molecule has 0 amide bonds. The molecule has 2 heterocycles. The Morgan fingerprint density at radius 1 is 1.30 bits per heavy atom. The lowest BCUT2D eigenvalue weighted by atomic mass is 10.0. The molecule has 4 rings (SSSR count). The molecule has 27 heavy (non-hydrogen) atoms. The molecule has 0 fully saturated rings. The van der Waals surface area contributed by atoms with Gasteiger partial charge in [-0.3, -0.25) is 0 Å². The minimum Gasteiger partial charge on any atom is -0.494 e. The molecule has 2 aromatic carbocycles. The molecule has 0 spiro atoms. The predicted molar refractivity (Wildman–Crippen MR) is 102 cm³/mol. The van der Waals surface area contributed by atoms with Gasteiger partial charge in [-0.05, 0) is 17.2 Å². The first kappa shape index (κ1) is 17.2. The van der Waals surface area contributed by atoms with Gasteiger partial charge in [-0.2, -0.15) is 0 Å². The topological polar surface area (TPSA) is 75.2 Å². The van der Waals surface area contributed by atoms with Crippen molar-refractivity contribution in [2.24, 2.45) is 0 Å². The minimum atomic E-state index is -1.06. The molecule has 4 aromatic rings. The molecule has 0 radical (unpaired) electrons. The highest BCUT2D eigenvalue weighted by atomic mass is 32.1. The second-order valence-corrected chi connectivity index (χ2v) is 6.93. The number of rotatable bonds is 5. The fourth-order valence-electron chi connectivity index (χ4n) is 3.08. The van der Waals surface area contributed by atoms with Crippen LogP contribution in [0, 0.1) is 5.82 Å². The highest BCUT2D eigenvalue weighted by molar-refractivity contribution is 7.09. The van der Waals surface area contributed by atoms with Gasteiger partial charge in [0.15, 0.2) is 17.3 Å². The largest absolute Gasteiger partial charge is 0.494 e. The number of carboxylic acid groups (broad SMARTS) is 1. The molecule has 7 heteroatoms. The van der Waals surface area contributed by atoms with Crippen LogP contribution >= 0.6 is 11.3 Å². The van der Waals surface area contributed by atoms with Crippen molar-refractivity contribution in [3.05, 3.63) is 69.9 Å². The molecule has 2 aromatic heterocycles. The van der Waals surface area contributed by atoms with Crippen LogP contribution in [0.4, 0.5) is 4.39 Å². The van der Waals surface area contributed by atoms with Crippen LogP contribution in [0.15, 0.2) is 47.8 Å². The Balaban J connectivity index is 1.89. The zero-order valence-electron chi connectivity index (χ0n) is 14.3. The number of nitrogens with zero attached hydrogens (tertiary/aromatic N) is 1. The van der Waals surface area contributed by atoms with Crippen molar-refractivity contribution in [2.45, 2.75) is 6.42 Å². The van der Waals surface area contributed by atoms with Gasteiger partial charge in [0, 0.05) is 23.3 Å². The molecule has 0 aliphatic carbocycles. The third kappa shape index (κ3) is 3.17. The summed E-state index contributed by atoms with van der Waals surface area (Å²) < 4.78 is 19.4. The van der Waals surface area contributed by atoms with E-state index in [2.05, 4.69) is 9.97 Å². The molecular formula is C20H15FN2O3S. The number of ether oxygens (including phenoxy) is 1. The standard InChI is InChI=1S/C20H15FN2O3S/c1-26-17-9-15-12(7-14(17)21)13(8-18-22-16(10-27-18)20(24)25)19(23-15)11-5-3-2-4-6-11/h2-7,9-10,23H,8H2,1H3,(H,24,25). The average molecular weight is 382 g/mol. The van der Waals surface area contributed by atoms with Crippen LogP contribution in [-0.4, -0.2) is 28.2 Å². The first-order valence-electron chi connectivity index (χ1n) is 8.18. The number of carbonyl (C=O) groups is 1. The Bertz CT molecular complexity index is 1140. The maximum atomic E-state index is 14.3. The highest BCUT2D eigenvalue weighted by Crippen LogP contribution is 2.35. The Kier molecular flexibility index (Phi) is 4.37. The molecule has 0 atom stereocenters. The summed E-state index contributed by atoms with van der Waals surface area (Å²) in [6.07, 6.45) is 0.397. The lowest BCUT2D eigenvalue weighted by molar-refractivity contribution is 0.0691. The van der Waals surface area contributed by atoms with Gasteiger partial charge in [0.25, 0.3) is 0 Å².